The van der Waals surface area contributed by atoms with E-state index in [0.29, 0.717) is 5.41 Å². The Labute approximate surface area is 139 Å². The van der Waals surface area contributed by atoms with Gasteiger partial charge in [0.25, 0.3) is 0 Å². The van der Waals surface area contributed by atoms with Crippen LogP contribution in [0.1, 0.15) is 52.4 Å². The normalized spacial score (nSPS) is 28.4. The molecule has 3 rings (SSSR count). The van der Waals surface area contributed by atoms with Gasteiger partial charge in [0.05, 0.1) is 12.6 Å². The highest BCUT2D eigenvalue weighted by atomic mass is 16.3. The highest BCUT2D eigenvalue weighted by Crippen LogP contribution is 2.36. The van der Waals surface area contributed by atoms with E-state index in [-0.39, 0.29) is 12.6 Å². The Morgan fingerprint density at radius 3 is 2.87 bits per heavy atom. The average molecular weight is 318 g/mol. The van der Waals surface area contributed by atoms with Crippen molar-refractivity contribution in [1.82, 2.24) is 9.97 Å². The van der Waals surface area contributed by atoms with Gasteiger partial charge in [-0.05, 0) is 37.5 Å². The number of piperidine rings is 1. The lowest BCUT2D eigenvalue weighted by molar-refractivity contribution is 0.238. The number of aromatic nitrogens is 2. The highest BCUT2D eigenvalue weighted by Gasteiger charge is 2.31. The molecule has 1 N–H and O–H groups in total. The first-order valence-electron chi connectivity index (χ1n) is 9.10. The molecule has 23 heavy (non-hydrogen) atoms. The van der Waals surface area contributed by atoms with Gasteiger partial charge in [-0.1, -0.05) is 20.3 Å². The maximum absolute atomic E-state index is 9.55. The summed E-state index contributed by atoms with van der Waals surface area (Å²) in [4.78, 5) is 13.7. The average Bonchev–Trinajstić information content (AvgIpc) is 3.03. The van der Waals surface area contributed by atoms with Crippen LogP contribution in [0.2, 0.25) is 0 Å². The molecule has 0 saturated carbocycles. The second-order valence-electron chi connectivity index (χ2n) is 7.49. The largest absolute Gasteiger partial charge is 0.394 e. The molecule has 1 aromatic rings. The van der Waals surface area contributed by atoms with E-state index < -0.39 is 0 Å². The molecule has 2 fully saturated rings. The molecule has 2 saturated heterocycles. The number of hydrogen-bond donors (Lipinski definition) is 1. The number of hydrogen-bond acceptors (Lipinski definition) is 5. The van der Waals surface area contributed by atoms with Crippen molar-refractivity contribution in [2.75, 3.05) is 36.0 Å². The second kappa shape index (κ2) is 7.04. The number of aliphatic hydroxyl groups excluding tert-OH is 1. The summed E-state index contributed by atoms with van der Waals surface area (Å²) < 4.78 is 0. The standard InChI is InChI=1S/C18H30N4O/c1-3-7-18(2)8-5-9-21(13-18)16-11-17(20-14-19-16)22-10-4-6-15(22)12-23/h11,14-15,23H,3-10,12-13H2,1-2H3. The van der Waals surface area contributed by atoms with Crippen molar-refractivity contribution >= 4 is 11.6 Å². The fourth-order valence-corrected chi connectivity index (χ4v) is 4.31. The second-order valence-corrected chi connectivity index (χ2v) is 7.49. The lowest BCUT2D eigenvalue weighted by atomic mass is 9.78. The number of rotatable bonds is 5. The van der Waals surface area contributed by atoms with Crippen LogP contribution in [0.4, 0.5) is 11.6 Å². The summed E-state index contributed by atoms with van der Waals surface area (Å²) in [6, 6.07) is 2.33. The van der Waals surface area contributed by atoms with E-state index >= 15 is 0 Å². The molecule has 2 aliphatic rings. The molecule has 0 amide bonds. The molecule has 3 heterocycles. The van der Waals surface area contributed by atoms with Crippen LogP contribution < -0.4 is 9.80 Å². The molecule has 2 unspecified atom stereocenters. The van der Waals surface area contributed by atoms with Crippen molar-refractivity contribution in [2.45, 2.75) is 58.4 Å². The Kier molecular flexibility index (Phi) is 5.05. The van der Waals surface area contributed by atoms with Crippen LogP contribution in [0.25, 0.3) is 0 Å². The molecule has 0 bridgehead atoms. The summed E-state index contributed by atoms with van der Waals surface area (Å²) in [7, 11) is 0. The Balaban J connectivity index is 1.77. The van der Waals surface area contributed by atoms with Crippen LogP contribution in [-0.2, 0) is 0 Å². The third kappa shape index (κ3) is 3.60. The summed E-state index contributed by atoms with van der Waals surface area (Å²) in [5.74, 6) is 2.01. The lowest BCUT2D eigenvalue weighted by Crippen LogP contribution is -2.42. The summed E-state index contributed by atoms with van der Waals surface area (Å²) in [5.41, 5.74) is 0.402. The predicted molar refractivity (Wildman–Crippen MR) is 93.9 cm³/mol. The molecule has 0 radical (unpaired) electrons. The minimum absolute atomic E-state index is 0.206. The summed E-state index contributed by atoms with van der Waals surface area (Å²) in [6.07, 6.45) is 8.93. The van der Waals surface area contributed by atoms with Crippen LogP contribution in [0, 0.1) is 5.41 Å². The van der Waals surface area contributed by atoms with Gasteiger partial charge in [0.1, 0.15) is 18.0 Å². The summed E-state index contributed by atoms with van der Waals surface area (Å²) in [5, 5.41) is 9.55. The van der Waals surface area contributed by atoms with Gasteiger partial charge >= 0.3 is 0 Å². The van der Waals surface area contributed by atoms with Gasteiger partial charge in [-0.15, -0.1) is 0 Å². The quantitative estimate of drug-likeness (QED) is 0.905. The molecule has 5 nitrogen and oxygen atoms in total. The third-order valence-electron chi connectivity index (χ3n) is 5.48. The van der Waals surface area contributed by atoms with Gasteiger partial charge in [0.15, 0.2) is 0 Å². The maximum Gasteiger partial charge on any atom is 0.134 e. The minimum Gasteiger partial charge on any atom is -0.394 e. The van der Waals surface area contributed by atoms with Gasteiger partial charge in [0, 0.05) is 25.7 Å². The fourth-order valence-electron chi connectivity index (χ4n) is 4.31. The van der Waals surface area contributed by atoms with E-state index in [2.05, 4.69) is 39.7 Å². The van der Waals surface area contributed by atoms with Crippen molar-refractivity contribution < 1.29 is 5.11 Å². The molecule has 0 aromatic carbocycles. The zero-order chi connectivity index (χ0) is 16.3. The first-order chi connectivity index (χ1) is 11.1. The van der Waals surface area contributed by atoms with E-state index in [4.69, 9.17) is 0 Å². The Morgan fingerprint density at radius 2 is 2.09 bits per heavy atom. The molecule has 0 spiro atoms. The molecule has 0 aliphatic carbocycles. The van der Waals surface area contributed by atoms with E-state index in [1.54, 1.807) is 6.33 Å². The van der Waals surface area contributed by atoms with Crippen LogP contribution >= 0.6 is 0 Å². The van der Waals surface area contributed by atoms with E-state index in [1.807, 2.05) is 0 Å². The monoisotopic (exact) mass is 318 g/mol. The molecule has 1 aromatic heterocycles. The minimum atomic E-state index is 0.206. The van der Waals surface area contributed by atoms with Gasteiger partial charge in [-0.3, -0.25) is 0 Å². The SMILES string of the molecule is CCCC1(C)CCCN(c2cc(N3CCCC3CO)ncn2)C1. The van der Waals surface area contributed by atoms with Gasteiger partial charge in [-0.2, -0.15) is 0 Å². The van der Waals surface area contributed by atoms with Crippen molar-refractivity contribution in [3.63, 3.8) is 0 Å². The Bertz CT molecular complexity index is 519. The maximum atomic E-state index is 9.55. The Morgan fingerprint density at radius 1 is 1.26 bits per heavy atom. The van der Waals surface area contributed by atoms with Crippen molar-refractivity contribution in [2.24, 2.45) is 5.41 Å². The van der Waals surface area contributed by atoms with Crippen molar-refractivity contribution in [1.29, 1.82) is 0 Å². The van der Waals surface area contributed by atoms with Gasteiger partial charge in [-0.25, -0.2) is 9.97 Å². The molecular formula is C18H30N4O. The smallest absolute Gasteiger partial charge is 0.134 e. The topological polar surface area (TPSA) is 52.5 Å². The Hall–Kier alpha value is -1.36. The zero-order valence-electron chi connectivity index (χ0n) is 14.5. The first-order valence-corrected chi connectivity index (χ1v) is 9.10. The van der Waals surface area contributed by atoms with Crippen LogP contribution in [0.3, 0.4) is 0 Å². The first kappa shape index (κ1) is 16.5. The van der Waals surface area contributed by atoms with Crippen molar-refractivity contribution in [3.8, 4) is 0 Å². The van der Waals surface area contributed by atoms with E-state index in [9.17, 15) is 5.11 Å². The number of nitrogens with zero attached hydrogens (tertiary/aromatic N) is 4. The molecule has 2 aliphatic heterocycles. The van der Waals surface area contributed by atoms with Crippen LogP contribution in [-0.4, -0.2) is 47.4 Å². The fraction of sp³-hybridized carbons (Fsp3) is 0.778. The van der Waals surface area contributed by atoms with Crippen LogP contribution in [0.15, 0.2) is 12.4 Å². The predicted octanol–water partition coefficient (Wildman–Crippen LogP) is 2.84. The van der Waals surface area contributed by atoms with Crippen molar-refractivity contribution in [3.05, 3.63) is 12.4 Å². The molecule has 2 atom stereocenters. The molecule has 128 valence electrons. The molecular weight excluding hydrogens is 288 g/mol. The van der Waals surface area contributed by atoms with Gasteiger partial charge < -0.3 is 14.9 Å². The summed E-state index contributed by atoms with van der Waals surface area (Å²) in [6.45, 7) is 8.04. The van der Waals surface area contributed by atoms with Crippen LogP contribution in [0.5, 0.6) is 0 Å². The summed E-state index contributed by atoms with van der Waals surface area (Å²) >= 11 is 0. The zero-order valence-corrected chi connectivity index (χ0v) is 14.5. The third-order valence-corrected chi connectivity index (χ3v) is 5.48. The van der Waals surface area contributed by atoms with Gasteiger partial charge in [0.2, 0.25) is 0 Å². The van der Waals surface area contributed by atoms with E-state index in [1.165, 1.54) is 25.7 Å². The highest BCUT2D eigenvalue weighted by molar-refractivity contribution is 5.51. The van der Waals surface area contributed by atoms with E-state index in [0.717, 1.165) is 44.1 Å². The molecule has 5 heteroatoms. The lowest BCUT2D eigenvalue weighted by Gasteiger charge is -2.41. The number of anilines is 2. The number of aliphatic hydroxyl groups is 1.